The fourth-order valence-corrected chi connectivity index (χ4v) is 3.02. The van der Waals surface area contributed by atoms with Crippen LogP contribution < -0.4 is 10.6 Å². The molecule has 0 aliphatic rings. The molecule has 21 heavy (non-hydrogen) atoms. The van der Waals surface area contributed by atoms with Crippen molar-refractivity contribution in [3.8, 4) is 0 Å². The predicted octanol–water partition coefficient (Wildman–Crippen LogP) is 4.13. The Labute approximate surface area is 130 Å². The van der Waals surface area contributed by atoms with Crippen LogP contribution in [-0.2, 0) is 4.79 Å². The molecular formula is C17H22N2OS. The molecule has 3 nitrogen and oxygen atoms in total. The predicted molar refractivity (Wildman–Crippen MR) is 89.8 cm³/mol. The van der Waals surface area contributed by atoms with Gasteiger partial charge in [0.15, 0.2) is 0 Å². The van der Waals surface area contributed by atoms with Gasteiger partial charge in [0.1, 0.15) is 0 Å². The van der Waals surface area contributed by atoms with Crippen LogP contribution in [0.5, 0.6) is 0 Å². The van der Waals surface area contributed by atoms with Gasteiger partial charge in [-0.3, -0.25) is 4.79 Å². The minimum absolute atomic E-state index is 0.00323. The lowest BCUT2D eigenvalue weighted by Gasteiger charge is -2.16. The summed E-state index contributed by atoms with van der Waals surface area (Å²) < 4.78 is 0. The highest BCUT2D eigenvalue weighted by atomic mass is 32.1. The largest absolute Gasteiger partial charge is 0.325 e. The van der Waals surface area contributed by atoms with E-state index >= 15 is 0 Å². The molecule has 0 aliphatic heterocycles. The third-order valence-corrected chi connectivity index (χ3v) is 4.29. The quantitative estimate of drug-likeness (QED) is 0.807. The van der Waals surface area contributed by atoms with Crippen molar-refractivity contribution in [1.29, 1.82) is 0 Å². The van der Waals surface area contributed by atoms with Gasteiger partial charge in [-0.25, -0.2) is 0 Å². The lowest BCUT2D eigenvalue weighted by molar-refractivity contribution is -0.115. The van der Waals surface area contributed by atoms with E-state index in [0.717, 1.165) is 18.5 Å². The van der Waals surface area contributed by atoms with Gasteiger partial charge in [-0.05, 0) is 36.9 Å². The Balaban J connectivity index is 1.85. The summed E-state index contributed by atoms with van der Waals surface area (Å²) in [6.45, 7) is 4.52. The number of nitrogens with one attached hydrogen (secondary N) is 2. The van der Waals surface area contributed by atoms with Crippen LogP contribution in [0.4, 0.5) is 5.69 Å². The molecule has 1 heterocycles. The SMILES string of the molecule is CCCC(NCC(=O)Nc1ccc(C)cc1)c1cccs1. The van der Waals surface area contributed by atoms with Crippen LogP contribution in [0.25, 0.3) is 0 Å². The van der Waals surface area contributed by atoms with Gasteiger partial charge in [0, 0.05) is 16.6 Å². The highest BCUT2D eigenvalue weighted by Crippen LogP contribution is 2.22. The van der Waals surface area contributed by atoms with Crippen molar-refractivity contribution in [2.45, 2.75) is 32.7 Å². The zero-order chi connectivity index (χ0) is 15.1. The normalized spacial score (nSPS) is 12.1. The average molecular weight is 302 g/mol. The molecule has 2 rings (SSSR count). The first-order valence-corrected chi connectivity index (χ1v) is 8.20. The second kappa shape index (κ2) is 7.96. The number of anilines is 1. The maximum Gasteiger partial charge on any atom is 0.238 e. The molecule has 1 atom stereocenters. The molecule has 2 N–H and O–H groups in total. The Morgan fingerprint density at radius 1 is 1.24 bits per heavy atom. The Morgan fingerprint density at radius 2 is 2.00 bits per heavy atom. The second-order valence-corrected chi connectivity index (χ2v) is 6.13. The summed E-state index contributed by atoms with van der Waals surface area (Å²) in [5.74, 6) is -0.00323. The number of carbonyl (C=O) groups excluding carboxylic acids is 1. The molecule has 0 spiro atoms. The Hall–Kier alpha value is -1.65. The molecule has 0 bridgehead atoms. The van der Waals surface area contributed by atoms with Crippen molar-refractivity contribution >= 4 is 22.9 Å². The van der Waals surface area contributed by atoms with Crippen molar-refractivity contribution < 1.29 is 4.79 Å². The smallest absolute Gasteiger partial charge is 0.238 e. The van der Waals surface area contributed by atoms with Crippen LogP contribution in [0.2, 0.25) is 0 Å². The van der Waals surface area contributed by atoms with Gasteiger partial charge in [0.2, 0.25) is 5.91 Å². The summed E-state index contributed by atoms with van der Waals surface area (Å²) in [5.41, 5.74) is 2.03. The van der Waals surface area contributed by atoms with E-state index in [1.165, 1.54) is 10.4 Å². The number of benzene rings is 1. The van der Waals surface area contributed by atoms with Crippen molar-refractivity contribution in [1.82, 2.24) is 5.32 Å². The van der Waals surface area contributed by atoms with Crippen LogP contribution >= 0.6 is 11.3 Å². The van der Waals surface area contributed by atoms with Crippen molar-refractivity contribution in [3.05, 3.63) is 52.2 Å². The molecule has 0 fully saturated rings. The van der Waals surface area contributed by atoms with Gasteiger partial charge in [-0.15, -0.1) is 11.3 Å². The van der Waals surface area contributed by atoms with E-state index in [1.54, 1.807) is 11.3 Å². The number of thiophene rings is 1. The van der Waals surface area contributed by atoms with E-state index in [1.807, 2.05) is 31.2 Å². The third kappa shape index (κ3) is 4.99. The fraction of sp³-hybridized carbons (Fsp3) is 0.353. The molecule has 1 aromatic heterocycles. The van der Waals surface area contributed by atoms with Crippen LogP contribution in [0, 0.1) is 6.92 Å². The highest BCUT2D eigenvalue weighted by molar-refractivity contribution is 7.10. The standard InChI is InChI=1S/C17H22N2OS/c1-3-5-15(16-6-4-11-21-16)18-12-17(20)19-14-9-7-13(2)8-10-14/h4,6-11,15,18H,3,5,12H2,1-2H3,(H,19,20). The van der Waals surface area contributed by atoms with Gasteiger partial charge < -0.3 is 10.6 Å². The number of hydrogen-bond donors (Lipinski definition) is 2. The van der Waals surface area contributed by atoms with Crippen LogP contribution in [-0.4, -0.2) is 12.5 Å². The number of carbonyl (C=O) groups is 1. The van der Waals surface area contributed by atoms with E-state index in [2.05, 4.69) is 35.1 Å². The van der Waals surface area contributed by atoms with E-state index < -0.39 is 0 Å². The molecule has 0 saturated heterocycles. The number of aryl methyl sites for hydroxylation is 1. The number of hydrogen-bond acceptors (Lipinski definition) is 3. The monoisotopic (exact) mass is 302 g/mol. The molecule has 112 valence electrons. The lowest BCUT2D eigenvalue weighted by atomic mass is 10.1. The molecule has 4 heteroatoms. The molecule has 0 radical (unpaired) electrons. The van der Waals surface area contributed by atoms with E-state index in [-0.39, 0.29) is 11.9 Å². The summed E-state index contributed by atoms with van der Waals surface area (Å²) in [7, 11) is 0. The summed E-state index contributed by atoms with van der Waals surface area (Å²) in [6.07, 6.45) is 2.13. The summed E-state index contributed by atoms with van der Waals surface area (Å²) in [5, 5.41) is 8.34. The third-order valence-electron chi connectivity index (χ3n) is 3.31. The molecule has 1 amide bonds. The summed E-state index contributed by atoms with van der Waals surface area (Å²) in [6, 6.07) is 12.3. The van der Waals surface area contributed by atoms with Gasteiger partial charge in [-0.1, -0.05) is 37.1 Å². The molecule has 1 aromatic carbocycles. The van der Waals surface area contributed by atoms with Crippen molar-refractivity contribution in [2.24, 2.45) is 0 Å². The maximum atomic E-state index is 12.0. The molecule has 0 aliphatic carbocycles. The van der Waals surface area contributed by atoms with Crippen molar-refractivity contribution in [3.63, 3.8) is 0 Å². The Morgan fingerprint density at radius 3 is 2.62 bits per heavy atom. The van der Waals surface area contributed by atoms with E-state index in [0.29, 0.717) is 6.54 Å². The molecular weight excluding hydrogens is 280 g/mol. The minimum atomic E-state index is -0.00323. The lowest BCUT2D eigenvalue weighted by Crippen LogP contribution is -2.31. The van der Waals surface area contributed by atoms with Gasteiger partial charge >= 0.3 is 0 Å². The molecule has 1 unspecified atom stereocenters. The second-order valence-electron chi connectivity index (χ2n) is 5.15. The first kappa shape index (κ1) is 15.7. The Bertz CT molecular complexity index is 549. The zero-order valence-corrected chi connectivity index (χ0v) is 13.4. The van der Waals surface area contributed by atoms with Crippen LogP contribution in [0.3, 0.4) is 0 Å². The van der Waals surface area contributed by atoms with Crippen molar-refractivity contribution in [2.75, 3.05) is 11.9 Å². The Kier molecular flexibility index (Phi) is 5.96. The molecule has 0 saturated carbocycles. The van der Waals surface area contributed by atoms with Gasteiger partial charge in [-0.2, -0.15) is 0 Å². The van der Waals surface area contributed by atoms with Crippen LogP contribution in [0.15, 0.2) is 41.8 Å². The number of amides is 1. The van der Waals surface area contributed by atoms with Gasteiger partial charge in [0.25, 0.3) is 0 Å². The summed E-state index contributed by atoms with van der Waals surface area (Å²) in [4.78, 5) is 13.3. The average Bonchev–Trinajstić information content (AvgIpc) is 3.00. The first-order chi connectivity index (χ1) is 10.2. The highest BCUT2D eigenvalue weighted by Gasteiger charge is 2.12. The van der Waals surface area contributed by atoms with Gasteiger partial charge in [0.05, 0.1) is 6.54 Å². The first-order valence-electron chi connectivity index (χ1n) is 7.32. The van der Waals surface area contributed by atoms with Crippen LogP contribution in [0.1, 0.15) is 36.2 Å². The minimum Gasteiger partial charge on any atom is -0.325 e. The molecule has 2 aromatic rings. The number of rotatable bonds is 7. The fourth-order valence-electron chi connectivity index (χ4n) is 2.18. The van der Waals surface area contributed by atoms with E-state index in [9.17, 15) is 4.79 Å². The topological polar surface area (TPSA) is 41.1 Å². The van der Waals surface area contributed by atoms with E-state index in [4.69, 9.17) is 0 Å². The zero-order valence-electron chi connectivity index (χ0n) is 12.6. The summed E-state index contributed by atoms with van der Waals surface area (Å²) >= 11 is 1.73. The maximum absolute atomic E-state index is 12.0.